The van der Waals surface area contributed by atoms with E-state index in [4.69, 9.17) is 14.6 Å². The van der Waals surface area contributed by atoms with Gasteiger partial charge >= 0.3 is 6.03 Å². The minimum Gasteiger partial charge on any atom is -0.497 e. The highest BCUT2D eigenvalue weighted by molar-refractivity contribution is 5.91. The zero-order valence-corrected chi connectivity index (χ0v) is 22.0. The van der Waals surface area contributed by atoms with Gasteiger partial charge in [-0.1, -0.05) is 42.5 Å². The summed E-state index contributed by atoms with van der Waals surface area (Å²) < 4.78 is 15.0. The lowest BCUT2D eigenvalue weighted by molar-refractivity contribution is 0.194. The Labute approximate surface area is 227 Å². The summed E-state index contributed by atoms with van der Waals surface area (Å²) in [5, 5.41) is 8.00. The standard InChI is InChI=1S/C31H29N5O3/c1-21-25-20-35(31(37)32-26-12-7-8-14-28(26)39-3)29(22-15-17-24(38-2)18-16-22)27-13-9-19-34(27)30(25)36(33-21)23-10-5-4-6-11-23/h4-19,29H,20H2,1-3H3,(H,32,37)/t29-/m0/s1. The second kappa shape index (κ2) is 10.1. The molecular formula is C31H29N5O3. The summed E-state index contributed by atoms with van der Waals surface area (Å²) in [6, 6.07) is 28.8. The van der Waals surface area contributed by atoms with E-state index in [2.05, 4.69) is 16.0 Å². The molecule has 2 aromatic heterocycles. The molecule has 1 atom stereocenters. The van der Waals surface area contributed by atoms with E-state index in [1.54, 1.807) is 14.2 Å². The number of rotatable bonds is 5. The van der Waals surface area contributed by atoms with E-state index in [0.717, 1.165) is 39.8 Å². The van der Waals surface area contributed by atoms with Crippen LogP contribution in [0.1, 0.15) is 28.6 Å². The van der Waals surface area contributed by atoms with Gasteiger partial charge in [0, 0.05) is 11.8 Å². The minimum absolute atomic E-state index is 0.243. The summed E-state index contributed by atoms with van der Waals surface area (Å²) in [6.07, 6.45) is 2.03. The molecule has 0 fully saturated rings. The Balaban J connectivity index is 1.53. The lowest BCUT2D eigenvalue weighted by Gasteiger charge is -2.31. The summed E-state index contributed by atoms with van der Waals surface area (Å²) in [5.41, 5.74) is 5.31. The van der Waals surface area contributed by atoms with Crippen molar-refractivity contribution in [3.8, 4) is 23.0 Å². The van der Waals surface area contributed by atoms with Crippen LogP contribution in [-0.4, -0.2) is 39.5 Å². The largest absolute Gasteiger partial charge is 0.497 e. The maximum atomic E-state index is 14.1. The molecule has 0 bridgehead atoms. The SMILES string of the molecule is COc1ccc([C@H]2c3cccn3-c3c(c(C)nn3-c3ccccc3)CN2C(=O)Nc2ccccc2OC)cc1. The highest BCUT2D eigenvalue weighted by atomic mass is 16.5. The van der Waals surface area contributed by atoms with E-state index in [1.807, 2.05) is 108 Å². The molecule has 39 heavy (non-hydrogen) atoms. The molecule has 0 spiro atoms. The Hall–Kier alpha value is -4.98. The van der Waals surface area contributed by atoms with E-state index < -0.39 is 0 Å². The average Bonchev–Trinajstić information content (AvgIpc) is 3.54. The number of carbonyl (C=O) groups is 1. The first-order valence-corrected chi connectivity index (χ1v) is 12.7. The van der Waals surface area contributed by atoms with Gasteiger partial charge in [0.05, 0.1) is 49.6 Å². The van der Waals surface area contributed by atoms with Gasteiger partial charge in [0.25, 0.3) is 0 Å². The lowest BCUT2D eigenvalue weighted by atomic mass is 10.0. The van der Waals surface area contributed by atoms with Crippen molar-refractivity contribution in [1.82, 2.24) is 19.2 Å². The first-order chi connectivity index (χ1) is 19.1. The molecule has 2 amide bonds. The number of fused-ring (bicyclic) bond motifs is 3. The number of para-hydroxylation sites is 3. The number of carbonyl (C=O) groups excluding carboxylic acids is 1. The second-order valence-corrected chi connectivity index (χ2v) is 9.37. The molecule has 0 saturated carbocycles. The van der Waals surface area contributed by atoms with Gasteiger partial charge in [0.15, 0.2) is 0 Å². The molecule has 0 aliphatic carbocycles. The Morgan fingerprint density at radius 2 is 1.64 bits per heavy atom. The predicted octanol–water partition coefficient (Wildman–Crippen LogP) is 6.13. The van der Waals surface area contributed by atoms with Crippen molar-refractivity contribution >= 4 is 11.7 Å². The Bertz CT molecular complexity index is 1620. The molecule has 5 aromatic rings. The molecule has 3 aromatic carbocycles. The van der Waals surface area contributed by atoms with Gasteiger partial charge in [-0.15, -0.1) is 0 Å². The molecule has 1 aliphatic rings. The summed E-state index contributed by atoms with van der Waals surface area (Å²) >= 11 is 0. The molecule has 0 radical (unpaired) electrons. The van der Waals surface area contributed by atoms with Gasteiger partial charge < -0.3 is 24.3 Å². The summed E-state index contributed by atoms with van der Waals surface area (Å²) in [6.45, 7) is 2.35. The third-order valence-corrected chi connectivity index (χ3v) is 7.13. The number of benzene rings is 3. The molecule has 3 heterocycles. The third-order valence-electron chi connectivity index (χ3n) is 7.13. The van der Waals surface area contributed by atoms with Crippen LogP contribution in [-0.2, 0) is 6.54 Å². The highest BCUT2D eigenvalue weighted by Gasteiger charge is 2.36. The average molecular weight is 520 g/mol. The number of urea groups is 1. The van der Waals surface area contributed by atoms with Gasteiger partial charge in [0.2, 0.25) is 0 Å². The van der Waals surface area contributed by atoms with E-state index in [1.165, 1.54) is 0 Å². The Morgan fingerprint density at radius 3 is 2.38 bits per heavy atom. The zero-order valence-electron chi connectivity index (χ0n) is 22.0. The van der Waals surface area contributed by atoms with Gasteiger partial charge in [-0.3, -0.25) is 0 Å². The van der Waals surface area contributed by atoms with Crippen LogP contribution in [0.4, 0.5) is 10.5 Å². The van der Waals surface area contributed by atoms with Crippen molar-refractivity contribution < 1.29 is 14.3 Å². The van der Waals surface area contributed by atoms with Crippen LogP contribution in [0, 0.1) is 6.92 Å². The predicted molar refractivity (Wildman–Crippen MR) is 150 cm³/mol. The van der Waals surface area contributed by atoms with Crippen molar-refractivity contribution in [3.63, 3.8) is 0 Å². The monoisotopic (exact) mass is 519 g/mol. The molecule has 0 unspecified atom stereocenters. The number of nitrogens with zero attached hydrogens (tertiary/aromatic N) is 4. The maximum absolute atomic E-state index is 14.1. The van der Waals surface area contributed by atoms with Gasteiger partial charge in [-0.05, 0) is 61.0 Å². The fraction of sp³-hybridized carbons (Fsp3) is 0.161. The number of ether oxygens (including phenoxy) is 2. The lowest BCUT2D eigenvalue weighted by Crippen LogP contribution is -2.38. The van der Waals surface area contributed by atoms with E-state index >= 15 is 0 Å². The van der Waals surface area contributed by atoms with Crippen molar-refractivity contribution in [2.75, 3.05) is 19.5 Å². The summed E-state index contributed by atoms with van der Waals surface area (Å²) in [4.78, 5) is 16.0. The fourth-order valence-electron chi connectivity index (χ4n) is 5.22. The number of nitrogens with one attached hydrogen (secondary N) is 1. The number of hydrogen-bond acceptors (Lipinski definition) is 4. The van der Waals surface area contributed by atoms with Gasteiger partial charge in [-0.25, -0.2) is 9.48 Å². The quantitative estimate of drug-likeness (QED) is 0.303. The number of hydrogen-bond donors (Lipinski definition) is 1. The molecule has 0 saturated heterocycles. The molecule has 1 aliphatic heterocycles. The zero-order chi connectivity index (χ0) is 26.9. The van der Waals surface area contributed by atoms with Crippen molar-refractivity contribution in [1.29, 1.82) is 0 Å². The molecule has 6 rings (SSSR count). The number of aryl methyl sites for hydroxylation is 1. The van der Waals surface area contributed by atoms with Crippen LogP contribution in [0.3, 0.4) is 0 Å². The molecular weight excluding hydrogens is 490 g/mol. The van der Waals surface area contributed by atoms with Gasteiger partial charge in [0.1, 0.15) is 17.3 Å². The minimum atomic E-state index is -0.378. The van der Waals surface area contributed by atoms with Crippen LogP contribution in [0.25, 0.3) is 11.5 Å². The van der Waals surface area contributed by atoms with E-state index in [0.29, 0.717) is 18.0 Å². The number of methoxy groups -OCH3 is 2. The molecule has 8 heteroatoms. The molecule has 196 valence electrons. The first kappa shape index (κ1) is 24.4. The highest BCUT2D eigenvalue weighted by Crippen LogP contribution is 2.39. The summed E-state index contributed by atoms with van der Waals surface area (Å²) in [7, 11) is 3.24. The summed E-state index contributed by atoms with van der Waals surface area (Å²) in [5.74, 6) is 2.27. The van der Waals surface area contributed by atoms with Crippen molar-refractivity contribution in [2.24, 2.45) is 0 Å². The Morgan fingerprint density at radius 1 is 0.897 bits per heavy atom. The Kier molecular flexibility index (Phi) is 6.28. The number of anilines is 1. The van der Waals surface area contributed by atoms with Gasteiger partial charge in [-0.2, -0.15) is 5.10 Å². The van der Waals surface area contributed by atoms with Crippen LogP contribution in [0.2, 0.25) is 0 Å². The first-order valence-electron chi connectivity index (χ1n) is 12.7. The van der Waals surface area contributed by atoms with Crippen LogP contribution < -0.4 is 14.8 Å². The smallest absolute Gasteiger partial charge is 0.323 e. The second-order valence-electron chi connectivity index (χ2n) is 9.37. The third kappa shape index (κ3) is 4.29. The van der Waals surface area contributed by atoms with Crippen LogP contribution >= 0.6 is 0 Å². The number of amides is 2. The van der Waals surface area contributed by atoms with Crippen molar-refractivity contribution in [2.45, 2.75) is 19.5 Å². The van der Waals surface area contributed by atoms with Crippen molar-refractivity contribution in [3.05, 3.63) is 120 Å². The normalized spacial score (nSPS) is 14.2. The number of aromatic nitrogens is 3. The fourth-order valence-corrected chi connectivity index (χ4v) is 5.22. The molecule has 1 N–H and O–H groups in total. The van der Waals surface area contributed by atoms with E-state index in [-0.39, 0.29) is 12.1 Å². The maximum Gasteiger partial charge on any atom is 0.323 e. The topological polar surface area (TPSA) is 73.5 Å². The van der Waals surface area contributed by atoms with Crippen LogP contribution in [0.15, 0.2) is 97.2 Å². The van der Waals surface area contributed by atoms with Crippen LogP contribution in [0.5, 0.6) is 11.5 Å². The van der Waals surface area contributed by atoms with E-state index in [9.17, 15) is 4.79 Å². The molecule has 8 nitrogen and oxygen atoms in total.